The zero-order valence-electron chi connectivity index (χ0n) is 15.2. The number of piperazine rings is 1. The van der Waals surface area contributed by atoms with Gasteiger partial charge in [0.05, 0.1) is 18.5 Å². The van der Waals surface area contributed by atoms with E-state index in [0.29, 0.717) is 0 Å². The van der Waals surface area contributed by atoms with Crippen LogP contribution in [0.4, 0.5) is 15.9 Å². The number of methoxy groups -OCH3 is 1. The number of benzene rings is 2. The van der Waals surface area contributed by atoms with E-state index in [1.165, 1.54) is 12.1 Å². The number of rotatable bonds is 4. The van der Waals surface area contributed by atoms with Crippen LogP contribution in [0.25, 0.3) is 11.3 Å². The number of halogens is 1. The number of para-hydroxylation sites is 2. The van der Waals surface area contributed by atoms with Crippen molar-refractivity contribution in [2.45, 2.75) is 0 Å². The number of nitrogens with zero attached hydrogens (tertiary/aromatic N) is 4. The molecule has 1 saturated heterocycles. The summed E-state index contributed by atoms with van der Waals surface area (Å²) in [6.07, 6.45) is 0. The molecule has 0 atom stereocenters. The van der Waals surface area contributed by atoms with E-state index in [2.05, 4.69) is 26.1 Å². The van der Waals surface area contributed by atoms with Crippen molar-refractivity contribution in [2.75, 3.05) is 43.1 Å². The number of hydrogen-bond donors (Lipinski definition) is 0. The number of aromatic nitrogens is 2. The van der Waals surface area contributed by atoms with Crippen molar-refractivity contribution in [1.82, 2.24) is 10.2 Å². The molecule has 0 saturated carbocycles. The molecule has 2 aromatic carbocycles. The van der Waals surface area contributed by atoms with Crippen LogP contribution in [0.5, 0.6) is 5.75 Å². The largest absolute Gasteiger partial charge is 0.495 e. The first-order valence-corrected chi connectivity index (χ1v) is 8.97. The van der Waals surface area contributed by atoms with Gasteiger partial charge in [-0.25, -0.2) is 4.39 Å². The Morgan fingerprint density at radius 1 is 0.815 bits per heavy atom. The van der Waals surface area contributed by atoms with Gasteiger partial charge in [0.2, 0.25) is 0 Å². The maximum absolute atomic E-state index is 13.1. The molecule has 1 aliphatic heterocycles. The summed E-state index contributed by atoms with van der Waals surface area (Å²) >= 11 is 0. The average Bonchev–Trinajstić information content (AvgIpc) is 2.74. The summed E-state index contributed by atoms with van der Waals surface area (Å²) in [5.41, 5.74) is 2.72. The molecule has 0 radical (unpaired) electrons. The monoisotopic (exact) mass is 364 g/mol. The summed E-state index contributed by atoms with van der Waals surface area (Å²) in [5.74, 6) is 1.51. The van der Waals surface area contributed by atoms with E-state index in [0.717, 1.165) is 54.7 Å². The molecule has 2 heterocycles. The molecule has 0 unspecified atom stereocenters. The highest BCUT2D eigenvalue weighted by atomic mass is 19.1. The normalized spacial score (nSPS) is 14.3. The Bertz CT molecular complexity index is 891. The minimum Gasteiger partial charge on any atom is -0.495 e. The van der Waals surface area contributed by atoms with E-state index in [4.69, 9.17) is 4.74 Å². The predicted molar refractivity (Wildman–Crippen MR) is 105 cm³/mol. The van der Waals surface area contributed by atoms with Gasteiger partial charge in [0.15, 0.2) is 5.82 Å². The van der Waals surface area contributed by atoms with Crippen LogP contribution in [0, 0.1) is 5.82 Å². The summed E-state index contributed by atoms with van der Waals surface area (Å²) in [7, 11) is 1.70. The second kappa shape index (κ2) is 7.61. The summed E-state index contributed by atoms with van der Waals surface area (Å²) < 4.78 is 18.5. The number of hydrogen-bond acceptors (Lipinski definition) is 5. The van der Waals surface area contributed by atoms with Crippen LogP contribution in [0.3, 0.4) is 0 Å². The topological polar surface area (TPSA) is 41.5 Å². The molecule has 3 aromatic rings. The Hall–Kier alpha value is -3.15. The second-order valence-electron chi connectivity index (χ2n) is 6.43. The van der Waals surface area contributed by atoms with E-state index in [1.807, 2.05) is 30.3 Å². The lowest BCUT2D eigenvalue weighted by Gasteiger charge is -2.37. The summed E-state index contributed by atoms with van der Waals surface area (Å²) in [4.78, 5) is 4.56. The van der Waals surface area contributed by atoms with Gasteiger partial charge in [-0.2, -0.15) is 0 Å². The predicted octanol–water partition coefficient (Wildman–Crippen LogP) is 3.62. The van der Waals surface area contributed by atoms with Crippen molar-refractivity contribution in [1.29, 1.82) is 0 Å². The van der Waals surface area contributed by atoms with Gasteiger partial charge in [0, 0.05) is 31.7 Å². The van der Waals surface area contributed by atoms with Crippen molar-refractivity contribution < 1.29 is 9.13 Å². The molecule has 0 aliphatic carbocycles. The van der Waals surface area contributed by atoms with E-state index < -0.39 is 0 Å². The molecule has 138 valence electrons. The summed E-state index contributed by atoms with van der Waals surface area (Å²) in [5, 5.41) is 8.68. The van der Waals surface area contributed by atoms with Gasteiger partial charge in [-0.15, -0.1) is 10.2 Å². The summed E-state index contributed by atoms with van der Waals surface area (Å²) in [6.45, 7) is 3.51. The lowest BCUT2D eigenvalue weighted by Crippen LogP contribution is -2.47. The van der Waals surface area contributed by atoms with Gasteiger partial charge < -0.3 is 14.5 Å². The van der Waals surface area contributed by atoms with Crippen LogP contribution in [-0.4, -0.2) is 43.5 Å². The Kier molecular flexibility index (Phi) is 4.87. The quantitative estimate of drug-likeness (QED) is 0.707. The highest BCUT2D eigenvalue weighted by molar-refractivity contribution is 5.61. The lowest BCUT2D eigenvalue weighted by atomic mass is 10.1. The van der Waals surface area contributed by atoms with E-state index >= 15 is 0 Å². The molecular formula is C21H21FN4O. The maximum atomic E-state index is 13.1. The van der Waals surface area contributed by atoms with E-state index in [-0.39, 0.29) is 5.82 Å². The van der Waals surface area contributed by atoms with Gasteiger partial charge >= 0.3 is 0 Å². The lowest BCUT2D eigenvalue weighted by molar-refractivity contribution is 0.413. The molecule has 5 nitrogen and oxygen atoms in total. The minimum absolute atomic E-state index is 0.253. The van der Waals surface area contributed by atoms with E-state index in [1.54, 1.807) is 19.2 Å². The van der Waals surface area contributed by atoms with Gasteiger partial charge in [-0.05, 0) is 48.5 Å². The van der Waals surface area contributed by atoms with Crippen LogP contribution in [0.15, 0.2) is 60.7 Å². The Balaban J connectivity index is 1.43. The third-order valence-corrected chi connectivity index (χ3v) is 4.82. The molecule has 1 fully saturated rings. The first-order valence-electron chi connectivity index (χ1n) is 8.97. The van der Waals surface area contributed by atoms with Crippen molar-refractivity contribution in [3.05, 3.63) is 66.5 Å². The van der Waals surface area contributed by atoms with Crippen LogP contribution in [0.2, 0.25) is 0 Å². The second-order valence-corrected chi connectivity index (χ2v) is 6.43. The third kappa shape index (κ3) is 3.69. The van der Waals surface area contributed by atoms with Crippen LogP contribution in [0.1, 0.15) is 0 Å². The molecule has 1 aromatic heterocycles. The molecular weight excluding hydrogens is 343 g/mol. The molecule has 0 bridgehead atoms. The van der Waals surface area contributed by atoms with Gasteiger partial charge in [0.25, 0.3) is 0 Å². The smallest absolute Gasteiger partial charge is 0.151 e. The zero-order valence-corrected chi connectivity index (χ0v) is 15.2. The Labute approximate surface area is 158 Å². The van der Waals surface area contributed by atoms with E-state index in [9.17, 15) is 4.39 Å². The third-order valence-electron chi connectivity index (χ3n) is 4.82. The Morgan fingerprint density at radius 2 is 1.52 bits per heavy atom. The van der Waals surface area contributed by atoms with Gasteiger partial charge in [0.1, 0.15) is 11.6 Å². The van der Waals surface area contributed by atoms with Crippen LogP contribution >= 0.6 is 0 Å². The minimum atomic E-state index is -0.253. The fraction of sp³-hybridized carbons (Fsp3) is 0.238. The maximum Gasteiger partial charge on any atom is 0.151 e. The fourth-order valence-electron chi connectivity index (χ4n) is 3.34. The van der Waals surface area contributed by atoms with Gasteiger partial charge in [-0.3, -0.25) is 0 Å². The molecule has 6 heteroatoms. The fourth-order valence-corrected chi connectivity index (χ4v) is 3.34. The van der Waals surface area contributed by atoms with Crippen molar-refractivity contribution in [3.63, 3.8) is 0 Å². The molecule has 1 aliphatic rings. The average molecular weight is 364 g/mol. The number of ether oxygens (including phenoxy) is 1. The standard InChI is InChI=1S/C21H21FN4O/c1-27-20-5-3-2-4-19(20)25-12-14-26(15-13-25)21-11-10-18(23-24-21)16-6-8-17(22)9-7-16/h2-11H,12-15H2,1H3. The van der Waals surface area contributed by atoms with Gasteiger partial charge in [-0.1, -0.05) is 12.1 Å². The highest BCUT2D eigenvalue weighted by Gasteiger charge is 2.20. The molecule has 4 rings (SSSR count). The first kappa shape index (κ1) is 17.3. The van der Waals surface area contributed by atoms with Crippen molar-refractivity contribution >= 4 is 11.5 Å². The van der Waals surface area contributed by atoms with Crippen LogP contribution < -0.4 is 14.5 Å². The van der Waals surface area contributed by atoms with Crippen LogP contribution in [-0.2, 0) is 0 Å². The van der Waals surface area contributed by atoms with Crippen molar-refractivity contribution in [2.24, 2.45) is 0 Å². The molecule has 0 amide bonds. The Morgan fingerprint density at radius 3 is 2.19 bits per heavy atom. The molecule has 0 spiro atoms. The summed E-state index contributed by atoms with van der Waals surface area (Å²) in [6, 6.07) is 18.3. The first-order chi connectivity index (χ1) is 13.2. The SMILES string of the molecule is COc1ccccc1N1CCN(c2ccc(-c3ccc(F)cc3)nn2)CC1. The molecule has 0 N–H and O–H groups in total. The molecule has 27 heavy (non-hydrogen) atoms. The van der Waals surface area contributed by atoms with Crippen molar-refractivity contribution in [3.8, 4) is 17.0 Å². The number of anilines is 2. The zero-order chi connectivity index (χ0) is 18.6. The highest BCUT2D eigenvalue weighted by Crippen LogP contribution is 2.29.